The van der Waals surface area contributed by atoms with E-state index in [1.807, 2.05) is 50.2 Å². The minimum absolute atomic E-state index is 0.0314. The molecule has 3 aromatic rings. The Kier molecular flexibility index (Phi) is 6.62. The van der Waals surface area contributed by atoms with E-state index in [1.54, 1.807) is 0 Å². The van der Waals surface area contributed by atoms with Crippen LogP contribution >= 0.6 is 0 Å². The fraction of sp³-hybridized carbons (Fsp3) is 0.280. The number of carboxylic acids is 1. The summed E-state index contributed by atoms with van der Waals surface area (Å²) in [6, 6.07) is 16.4. The van der Waals surface area contributed by atoms with E-state index < -0.39 is 24.0 Å². The highest BCUT2D eigenvalue weighted by Crippen LogP contribution is 2.44. The fourth-order valence-electron chi connectivity index (χ4n) is 4.17. The summed E-state index contributed by atoms with van der Waals surface area (Å²) in [6.07, 6.45) is -0.413. The van der Waals surface area contributed by atoms with Gasteiger partial charge in [-0.1, -0.05) is 62.4 Å². The Morgan fingerprint density at radius 1 is 1.06 bits per heavy atom. The van der Waals surface area contributed by atoms with Crippen molar-refractivity contribution in [2.75, 3.05) is 11.9 Å². The number of aliphatic carboxylic acids is 1. The molecule has 2 amide bonds. The third kappa shape index (κ3) is 4.93. The standard InChI is InChI=1S/C25H26N4O5/c1-14(2)11-21(24(31)32)26-23(30)20-12-22(29-28-20)27-25(33)34-13-19-17-9-5-3-7-15(17)16-8-4-6-10-18(16)19/h3-10,12,14,19,21H,11,13H2,1-2H3,(H,26,30)(H,31,32)(H2,27,28,29,33). The van der Waals surface area contributed by atoms with Crippen molar-refractivity contribution < 1.29 is 24.2 Å². The number of aromatic amines is 1. The van der Waals surface area contributed by atoms with Gasteiger partial charge in [0.15, 0.2) is 5.82 Å². The molecule has 176 valence electrons. The molecule has 2 aromatic carbocycles. The van der Waals surface area contributed by atoms with E-state index in [4.69, 9.17) is 4.74 Å². The van der Waals surface area contributed by atoms with Gasteiger partial charge in [0.2, 0.25) is 0 Å². The number of nitrogens with zero attached hydrogens (tertiary/aromatic N) is 1. The number of fused-ring (bicyclic) bond motifs is 3. The molecule has 0 spiro atoms. The molecule has 4 rings (SSSR count). The highest BCUT2D eigenvalue weighted by molar-refractivity contribution is 5.96. The SMILES string of the molecule is CC(C)CC(NC(=O)c1cc(NC(=O)OCC2c3ccccc3-c3ccccc32)n[nH]1)C(=O)O. The number of carboxylic acid groups (broad SMARTS) is 1. The second-order valence-electron chi connectivity index (χ2n) is 8.61. The minimum Gasteiger partial charge on any atom is -0.480 e. The normalized spacial score (nSPS) is 13.1. The Balaban J connectivity index is 1.36. The quantitative estimate of drug-likeness (QED) is 0.400. The van der Waals surface area contributed by atoms with Crippen molar-refractivity contribution in [3.8, 4) is 11.1 Å². The first-order valence-corrected chi connectivity index (χ1v) is 11.0. The van der Waals surface area contributed by atoms with Crippen LogP contribution in [0.3, 0.4) is 0 Å². The highest BCUT2D eigenvalue weighted by Gasteiger charge is 2.29. The maximum atomic E-state index is 12.4. The number of ether oxygens (including phenoxy) is 1. The number of hydrogen-bond donors (Lipinski definition) is 4. The second kappa shape index (κ2) is 9.78. The first-order valence-electron chi connectivity index (χ1n) is 11.0. The first-order chi connectivity index (χ1) is 16.3. The van der Waals surface area contributed by atoms with Gasteiger partial charge in [0.25, 0.3) is 5.91 Å². The maximum Gasteiger partial charge on any atom is 0.412 e. The lowest BCUT2D eigenvalue weighted by molar-refractivity contribution is -0.139. The molecule has 9 nitrogen and oxygen atoms in total. The molecule has 0 aliphatic heterocycles. The molecule has 1 unspecified atom stereocenters. The lowest BCUT2D eigenvalue weighted by Crippen LogP contribution is -2.41. The summed E-state index contributed by atoms with van der Waals surface area (Å²) in [5, 5.41) is 20.7. The van der Waals surface area contributed by atoms with E-state index in [0.717, 1.165) is 22.3 Å². The Bertz CT molecular complexity index is 1170. The molecule has 0 saturated carbocycles. The topological polar surface area (TPSA) is 133 Å². The number of carbonyl (C=O) groups is 3. The van der Waals surface area contributed by atoms with E-state index in [2.05, 4.69) is 33.0 Å². The van der Waals surface area contributed by atoms with Gasteiger partial charge in [-0.25, -0.2) is 9.59 Å². The summed E-state index contributed by atoms with van der Waals surface area (Å²) in [5.74, 6) is -1.63. The average molecular weight is 463 g/mol. The summed E-state index contributed by atoms with van der Waals surface area (Å²) in [5.41, 5.74) is 4.50. The Hall–Kier alpha value is -4.14. The third-order valence-electron chi connectivity index (χ3n) is 5.71. The van der Waals surface area contributed by atoms with Gasteiger partial charge in [-0.05, 0) is 34.6 Å². The molecule has 1 atom stereocenters. The van der Waals surface area contributed by atoms with Crippen LogP contribution in [0.5, 0.6) is 0 Å². The molecule has 0 saturated heterocycles. The third-order valence-corrected chi connectivity index (χ3v) is 5.71. The van der Waals surface area contributed by atoms with Crippen molar-refractivity contribution in [2.24, 2.45) is 5.92 Å². The van der Waals surface area contributed by atoms with Crippen LogP contribution in [-0.4, -0.2) is 45.9 Å². The van der Waals surface area contributed by atoms with E-state index in [-0.39, 0.29) is 30.0 Å². The number of nitrogens with one attached hydrogen (secondary N) is 3. The van der Waals surface area contributed by atoms with Crippen molar-refractivity contribution in [1.29, 1.82) is 0 Å². The predicted molar refractivity (Wildman–Crippen MR) is 126 cm³/mol. The maximum absolute atomic E-state index is 12.4. The molecule has 0 fully saturated rings. The molecule has 1 aliphatic rings. The van der Waals surface area contributed by atoms with Crippen molar-refractivity contribution >= 4 is 23.8 Å². The summed E-state index contributed by atoms with van der Waals surface area (Å²) in [6.45, 7) is 3.89. The first kappa shape index (κ1) is 23.0. The van der Waals surface area contributed by atoms with Crippen LogP contribution in [0.15, 0.2) is 54.6 Å². The van der Waals surface area contributed by atoms with Gasteiger partial charge in [0.1, 0.15) is 18.3 Å². The Morgan fingerprint density at radius 3 is 2.26 bits per heavy atom. The van der Waals surface area contributed by atoms with Crippen LogP contribution in [0.1, 0.15) is 47.8 Å². The van der Waals surface area contributed by atoms with E-state index in [0.29, 0.717) is 6.42 Å². The van der Waals surface area contributed by atoms with Gasteiger partial charge in [-0.2, -0.15) is 5.10 Å². The van der Waals surface area contributed by atoms with Gasteiger partial charge in [0.05, 0.1) is 0 Å². The van der Waals surface area contributed by atoms with Gasteiger partial charge in [0, 0.05) is 12.0 Å². The van der Waals surface area contributed by atoms with Crippen molar-refractivity contribution in [1.82, 2.24) is 15.5 Å². The molecule has 1 aliphatic carbocycles. The molecule has 34 heavy (non-hydrogen) atoms. The molecular formula is C25H26N4O5. The predicted octanol–water partition coefficient (Wildman–Crippen LogP) is 4.00. The average Bonchev–Trinajstić information content (AvgIpc) is 3.39. The van der Waals surface area contributed by atoms with Crippen molar-refractivity contribution in [2.45, 2.75) is 32.2 Å². The molecule has 1 heterocycles. The van der Waals surface area contributed by atoms with Gasteiger partial charge >= 0.3 is 12.1 Å². The molecule has 0 radical (unpaired) electrons. The number of hydrogen-bond acceptors (Lipinski definition) is 5. The van der Waals surface area contributed by atoms with Gasteiger partial charge in [-0.3, -0.25) is 15.2 Å². The highest BCUT2D eigenvalue weighted by atomic mass is 16.5. The van der Waals surface area contributed by atoms with Gasteiger partial charge < -0.3 is 15.2 Å². The van der Waals surface area contributed by atoms with Crippen LogP contribution in [-0.2, 0) is 9.53 Å². The summed E-state index contributed by atoms with van der Waals surface area (Å²) < 4.78 is 5.47. The Morgan fingerprint density at radius 2 is 1.68 bits per heavy atom. The van der Waals surface area contributed by atoms with Crippen molar-refractivity contribution in [3.63, 3.8) is 0 Å². The number of H-pyrrole nitrogens is 1. The summed E-state index contributed by atoms with van der Waals surface area (Å²) in [7, 11) is 0. The lowest BCUT2D eigenvalue weighted by Gasteiger charge is -2.15. The zero-order valence-electron chi connectivity index (χ0n) is 18.9. The van der Waals surface area contributed by atoms with E-state index in [1.165, 1.54) is 6.07 Å². The number of aromatic nitrogens is 2. The minimum atomic E-state index is -1.11. The monoisotopic (exact) mass is 462 g/mol. The van der Waals surface area contributed by atoms with Crippen LogP contribution in [0.4, 0.5) is 10.6 Å². The van der Waals surface area contributed by atoms with Crippen LogP contribution in [0, 0.1) is 5.92 Å². The second-order valence-corrected chi connectivity index (χ2v) is 8.61. The van der Waals surface area contributed by atoms with Crippen molar-refractivity contribution in [3.05, 3.63) is 71.4 Å². The van der Waals surface area contributed by atoms with E-state index in [9.17, 15) is 19.5 Å². The number of rotatable bonds is 8. The van der Waals surface area contributed by atoms with Crippen LogP contribution in [0.25, 0.3) is 11.1 Å². The fourth-order valence-corrected chi connectivity index (χ4v) is 4.17. The zero-order valence-corrected chi connectivity index (χ0v) is 18.9. The summed E-state index contributed by atoms with van der Waals surface area (Å²) in [4.78, 5) is 36.2. The number of benzene rings is 2. The molecule has 1 aromatic heterocycles. The smallest absolute Gasteiger partial charge is 0.412 e. The number of anilines is 1. The Labute approximate surface area is 196 Å². The molecule has 9 heteroatoms. The number of carbonyl (C=O) groups excluding carboxylic acids is 2. The number of amides is 2. The molecule has 0 bridgehead atoms. The zero-order chi connectivity index (χ0) is 24.2. The molecular weight excluding hydrogens is 436 g/mol. The summed E-state index contributed by atoms with van der Waals surface area (Å²) >= 11 is 0. The lowest BCUT2D eigenvalue weighted by atomic mass is 9.98. The largest absolute Gasteiger partial charge is 0.480 e. The van der Waals surface area contributed by atoms with Crippen LogP contribution < -0.4 is 10.6 Å². The van der Waals surface area contributed by atoms with E-state index >= 15 is 0 Å². The molecule has 4 N–H and O–H groups in total. The van der Waals surface area contributed by atoms with Gasteiger partial charge in [-0.15, -0.1) is 0 Å². The van der Waals surface area contributed by atoms with Crippen LogP contribution in [0.2, 0.25) is 0 Å².